The lowest BCUT2D eigenvalue weighted by molar-refractivity contribution is 0.112. The van der Waals surface area contributed by atoms with Gasteiger partial charge in [-0.1, -0.05) is 0 Å². The number of aryl methyl sites for hydroxylation is 1. The molecule has 0 saturated carbocycles. The van der Waals surface area contributed by atoms with E-state index < -0.39 is 0 Å². The summed E-state index contributed by atoms with van der Waals surface area (Å²) in [7, 11) is 1.62. The Morgan fingerprint density at radius 3 is 2.60 bits per heavy atom. The first-order chi connectivity index (χ1) is 9.72. The van der Waals surface area contributed by atoms with E-state index in [0.717, 1.165) is 28.7 Å². The third kappa shape index (κ3) is 1.93. The molecule has 20 heavy (non-hydrogen) atoms. The molecule has 2 aromatic heterocycles. The number of carbonyl (C=O) groups is 1. The number of hydrogen-bond donors (Lipinski definition) is 1. The van der Waals surface area contributed by atoms with E-state index in [0.29, 0.717) is 17.0 Å². The molecule has 0 spiro atoms. The Morgan fingerprint density at radius 2 is 1.95 bits per heavy atom. The monoisotopic (exact) mass is 267 g/mol. The number of hydrogen-bond acceptors (Lipinski definition) is 4. The van der Waals surface area contributed by atoms with E-state index in [2.05, 4.69) is 15.0 Å². The second-order valence-electron chi connectivity index (χ2n) is 4.43. The number of ether oxygens (including phenoxy) is 1. The van der Waals surface area contributed by atoms with Crippen molar-refractivity contribution in [2.75, 3.05) is 7.11 Å². The summed E-state index contributed by atoms with van der Waals surface area (Å²) in [5, 5.41) is 0.746. The third-order valence-electron chi connectivity index (χ3n) is 3.16. The summed E-state index contributed by atoms with van der Waals surface area (Å²) in [6, 6.07) is 7.57. The van der Waals surface area contributed by atoms with Crippen molar-refractivity contribution in [2.24, 2.45) is 0 Å². The number of carbonyl (C=O) groups excluding carboxylic acids is 1. The summed E-state index contributed by atoms with van der Waals surface area (Å²) < 4.78 is 5.15. The van der Waals surface area contributed by atoms with Gasteiger partial charge in [0.1, 0.15) is 17.2 Å². The van der Waals surface area contributed by atoms with E-state index in [9.17, 15) is 4.79 Å². The molecule has 1 aromatic carbocycles. The maximum Gasteiger partial charge on any atom is 0.152 e. The van der Waals surface area contributed by atoms with E-state index in [-0.39, 0.29) is 0 Å². The Bertz CT molecular complexity index is 776. The van der Waals surface area contributed by atoms with Crippen LogP contribution in [0, 0.1) is 6.92 Å². The molecule has 0 aliphatic carbocycles. The van der Waals surface area contributed by atoms with Gasteiger partial charge >= 0.3 is 0 Å². The molecule has 0 unspecified atom stereocenters. The van der Waals surface area contributed by atoms with Gasteiger partial charge in [0.25, 0.3) is 0 Å². The highest BCUT2D eigenvalue weighted by Crippen LogP contribution is 2.29. The van der Waals surface area contributed by atoms with Crippen molar-refractivity contribution in [3.05, 3.63) is 41.9 Å². The van der Waals surface area contributed by atoms with Crippen LogP contribution in [0.4, 0.5) is 0 Å². The Labute approximate surface area is 115 Å². The Hall–Kier alpha value is -2.69. The number of H-pyrrole nitrogens is 1. The minimum Gasteiger partial charge on any atom is -0.497 e. The molecule has 0 bridgehead atoms. The van der Waals surface area contributed by atoms with Crippen LogP contribution in [0.5, 0.6) is 5.75 Å². The third-order valence-corrected chi connectivity index (χ3v) is 3.16. The number of nitrogens with one attached hydrogen (secondary N) is 1. The molecule has 5 nitrogen and oxygen atoms in total. The topological polar surface area (TPSA) is 67.9 Å². The summed E-state index contributed by atoms with van der Waals surface area (Å²) in [4.78, 5) is 23.0. The van der Waals surface area contributed by atoms with Crippen LogP contribution in [0.1, 0.15) is 16.2 Å². The van der Waals surface area contributed by atoms with Crippen molar-refractivity contribution in [3.8, 4) is 17.0 Å². The van der Waals surface area contributed by atoms with Gasteiger partial charge in [0.15, 0.2) is 6.29 Å². The molecule has 0 aliphatic rings. The molecule has 0 fully saturated rings. The number of rotatable bonds is 3. The SMILES string of the molecule is COc1ccc(-c2nc(C)nc3[nH]cc(C=O)c23)cc1. The minimum absolute atomic E-state index is 0.561. The molecule has 2 heterocycles. The van der Waals surface area contributed by atoms with Gasteiger partial charge in [-0.3, -0.25) is 4.79 Å². The lowest BCUT2D eigenvalue weighted by Crippen LogP contribution is -1.94. The molecule has 0 saturated heterocycles. The van der Waals surface area contributed by atoms with E-state index in [1.165, 1.54) is 0 Å². The average molecular weight is 267 g/mol. The maximum atomic E-state index is 11.2. The smallest absolute Gasteiger partial charge is 0.152 e. The van der Waals surface area contributed by atoms with Crippen molar-refractivity contribution >= 4 is 17.3 Å². The molecule has 0 atom stereocenters. The van der Waals surface area contributed by atoms with Crippen LogP contribution in [-0.2, 0) is 0 Å². The van der Waals surface area contributed by atoms with Crippen LogP contribution >= 0.6 is 0 Å². The van der Waals surface area contributed by atoms with Gasteiger partial charge in [0.05, 0.1) is 18.2 Å². The zero-order valence-electron chi connectivity index (χ0n) is 11.2. The van der Waals surface area contributed by atoms with E-state index in [1.54, 1.807) is 13.3 Å². The normalized spacial score (nSPS) is 10.7. The molecule has 3 aromatic rings. The lowest BCUT2D eigenvalue weighted by Gasteiger charge is -2.06. The fraction of sp³-hybridized carbons (Fsp3) is 0.133. The minimum atomic E-state index is 0.561. The maximum absolute atomic E-state index is 11.2. The highest BCUT2D eigenvalue weighted by molar-refractivity contribution is 6.03. The zero-order valence-corrected chi connectivity index (χ0v) is 11.2. The van der Waals surface area contributed by atoms with E-state index >= 15 is 0 Å². The van der Waals surface area contributed by atoms with Crippen LogP contribution < -0.4 is 4.74 Å². The quantitative estimate of drug-likeness (QED) is 0.741. The van der Waals surface area contributed by atoms with Crippen LogP contribution in [0.15, 0.2) is 30.5 Å². The molecular formula is C15H13N3O2. The summed E-state index contributed by atoms with van der Waals surface area (Å²) in [5.74, 6) is 1.43. The van der Waals surface area contributed by atoms with E-state index in [4.69, 9.17) is 4.74 Å². The number of methoxy groups -OCH3 is 1. The van der Waals surface area contributed by atoms with Crippen LogP contribution in [-0.4, -0.2) is 28.3 Å². The lowest BCUT2D eigenvalue weighted by atomic mass is 10.1. The zero-order chi connectivity index (χ0) is 14.1. The van der Waals surface area contributed by atoms with Gasteiger partial charge in [-0.15, -0.1) is 0 Å². The Kier molecular flexibility index (Phi) is 2.95. The molecule has 0 aliphatic heterocycles. The van der Waals surface area contributed by atoms with Gasteiger partial charge in [-0.05, 0) is 31.2 Å². The molecule has 5 heteroatoms. The molecule has 100 valence electrons. The molecule has 1 N–H and O–H groups in total. The van der Waals surface area contributed by atoms with Crippen molar-refractivity contribution in [1.82, 2.24) is 15.0 Å². The van der Waals surface area contributed by atoms with Crippen LogP contribution in [0.2, 0.25) is 0 Å². The summed E-state index contributed by atoms with van der Waals surface area (Å²) in [6.45, 7) is 1.83. The van der Waals surface area contributed by atoms with Crippen LogP contribution in [0.3, 0.4) is 0 Å². The first kappa shape index (κ1) is 12.3. The largest absolute Gasteiger partial charge is 0.497 e. The number of aromatic amines is 1. The summed E-state index contributed by atoms with van der Waals surface area (Å²) in [5.41, 5.74) is 2.90. The van der Waals surface area contributed by atoms with Gasteiger partial charge in [0, 0.05) is 17.3 Å². The Morgan fingerprint density at radius 1 is 1.20 bits per heavy atom. The fourth-order valence-corrected chi connectivity index (χ4v) is 2.22. The molecular weight excluding hydrogens is 254 g/mol. The average Bonchev–Trinajstić information content (AvgIpc) is 2.89. The predicted octanol–water partition coefficient (Wildman–Crippen LogP) is 2.75. The van der Waals surface area contributed by atoms with Crippen LogP contribution in [0.25, 0.3) is 22.3 Å². The number of nitrogens with zero attached hydrogens (tertiary/aromatic N) is 2. The van der Waals surface area contributed by atoms with Gasteiger partial charge in [-0.2, -0.15) is 0 Å². The van der Waals surface area contributed by atoms with Gasteiger partial charge < -0.3 is 9.72 Å². The molecule has 3 rings (SSSR count). The van der Waals surface area contributed by atoms with Crippen molar-refractivity contribution in [2.45, 2.75) is 6.92 Å². The number of aldehydes is 1. The highest BCUT2D eigenvalue weighted by atomic mass is 16.5. The predicted molar refractivity (Wildman–Crippen MR) is 76.0 cm³/mol. The summed E-state index contributed by atoms with van der Waals surface area (Å²) >= 11 is 0. The fourth-order valence-electron chi connectivity index (χ4n) is 2.22. The van der Waals surface area contributed by atoms with Gasteiger partial charge in [-0.25, -0.2) is 9.97 Å². The second-order valence-corrected chi connectivity index (χ2v) is 4.43. The van der Waals surface area contributed by atoms with Crippen molar-refractivity contribution < 1.29 is 9.53 Å². The first-order valence-electron chi connectivity index (χ1n) is 6.18. The Balaban J connectivity index is 2.27. The van der Waals surface area contributed by atoms with Crippen molar-refractivity contribution in [3.63, 3.8) is 0 Å². The summed E-state index contributed by atoms with van der Waals surface area (Å²) in [6.07, 6.45) is 2.46. The standard InChI is InChI=1S/C15H13N3O2/c1-9-17-14(10-3-5-12(20-2)6-4-10)13-11(8-19)7-16-15(13)18-9/h3-8H,1-2H3,(H,16,17,18). The number of benzene rings is 1. The second kappa shape index (κ2) is 4.77. The van der Waals surface area contributed by atoms with Gasteiger partial charge in [0.2, 0.25) is 0 Å². The van der Waals surface area contributed by atoms with Crippen molar-refractivity contribution in [1.29, 1.82) is 0 Å². The number of aromatic nitrogens is 3. The molecule has 0 amide bonds. The molecule has 0 radical (unpaired) electrons. The first-order valence-corrected chi connectivity index (χ1v) is 6.18. The highest BCUT2D eigenvalue weighted by Gasteiger charge is 2.13. The number of fused-ring (bicyclic) bond motifs is 1. The van der Waals surface area contributed by atoms with E-state index in [1.807, 2.05) is 31.2 Å².